The topological polar surface area (TPSA) is 120 Å². The molecule has 0 unspecified atom stereocenters. The quantitative estimate of drug-likeness (QED) is 0.165. The van der Waals surface area contributed by atoms with E-state index >= 15 is 0 Å². The highest BCUT2D eigenvalue weighted by Gasteiger charge is 2.25. The van der Waals surface area contributed by atoms with E-state index in [0.29, 0.717) is 29.0 Å². The number of fused-ring (bicyclic) bond motifs is 1. The molecule has 0 atom stereocenters. The Balaban J connectivity index is 1.31. The number of carbonyl (C=O) groups is 2. The Kier molecular flexibility index (Phi) is 8.77. The first kappa shape index (κ1) is 28.7. The third kappa shape index (κ3) is 6.74. The van der Waals surface area contributed by atoms with Crippen LogP contribution >= 0.6 is 0 Å². The van der Waals surface area contributed by atoms with Crippen LogP contribution in [0.1, 0.15) is 43.0 Å². The Morgan fingerprint density at radius 1 is 1.02 bits per heavy atom. The molecule has 0 bridgehead atoms. The van der Waals surface area contributed by atoms with Gasteiger partial charge in [0.15, 0.2) is 11.6 Å². The van der Waals surface area contributed by atoms with Crippen molar-refractivity contribution in [3.63, 3.8) is 0 Å². The second-order valence-electron chi connectivity index (χ2n) is 10.7. The molecule has 0 radical (unpaired) electrons. The number of amides is 2. The molecule has 0 saturated heterocycles. The van der Waals surface area contributed by atoms with Crippen molar-refractivity contribution in [2.24, 2.45) is 0 Å². The van der Waals surface area contributed by atoms with Crippen molar-refractivity contribution in [1.82, 2.24) is 19.5 Å². The first-order valence-electron chi connectivity index (χ1n) is 14.3. The summed E-state index contributed by atoms with van der Waals surface area (Å²) in [6, 6.07) is 17.2. The summed E-state index contributed by atoms with van der Waals surface area (Å²) in [4.78, 5) is 31.6. The zero-order valence-electron chi connectivity index (χ0n) is 24.3. The van der Waals surface area contributed by atoms with Crippen LogP contribution in [0.2, 0.25) is 0 Å². The largest absolute Gasteiger partial charge is 0.390 e. The number of carbonyl (C=O) groups excluding carboxylic acids is 2. The van der Waals surface area contributed by atoms with Crippen LogP contribution in [0.3, 0.4) is 0 Å². The minimum atomic E-state index is -0.308. The highest BCUT2D eigenvalue weighted by Crippen LogP contribution is 2.27. The SMILES string of the molecule is C=CC(=O)Nc1ccc(C(=O)Nc2cccc(Nc3cc(NC4CCC(N(C)C)CC4)nc4n3nc[n+]4CC)c2)cc1. The van der Waals surface area contributed by atoms with Gasteiger partial charge >= 0.3 is 5.78 Å². The molecule has 1 aliphatic rings. The van der Waals surface area contributed by atoms with Crippen molar-refractivity contribution in [1.29, 1.82) is 0 Å². The van der Waals surface area contributed by atoms with E-state index < -0.39 is 0 Å². The molecular weight excluding hydrogens is 530 g/mol. The molecule has 0 spiro atoms. The highest BCUT2D eigenvalue weighted by atomic mass is 16.2. The second-order valence-corrected chi connectivity index (χ2v) is 10.7. The average Bonchev–Trinajstić information content (AvgIpc) is 3.41. The molecular formula is C31H38N9O2+. The highest BCUT2D eigenvalue weighted by molar-refractivity contribution is 6.05. The maximum Gasteiger partial charge on any atom is 0.390 e. The van der Waals surface area contributed by atoms with Crippen LogP contribution < -0.4 is 25.8 Å². The number of hydrogen-bond acceptors (Lipinski definition) is 7. The first-order valence-corrected chi connectivity index (χ1v) is 14.3. The minimum Gasteiger partial charge on any atom is -0.357 e. The normalized spacial score (nSPS) is 16.7. The van der Waals surface area contributed by atoms with Crippen LogP contribution in [-0.2, 0) is 11.3 Å². The van der Waals surface area contributed by atoms with Gasteiger partial charge in [0.25, 0.3) is 5.91 Å². The van der Waals surface area contributed by atoms with Crippen LogP contribution in [0.15, 0.2) is 73.6 Å². The lowest BCUT2D eigenvalue weighted by molar-refractivity contribution is -0.670. The third-order valence-electron chi connectivity index (χ3n) is 7.59. The van der Waals surface area contributed by atoms with Crippen molar-refractivity contribution >= 4 is 46.3 Å². The molecule has 11 heteroatoms. The van der Waals surface area contributed by atoms with Crippen molar-refractivity contribution in [3.05, 3.63) is 79.1 Å². The Bertz CT molecular complexity index is 1570. The number of rotatable bonds is 10. The predicted octanol–water partition coefficient (Wildman–Crippen LogP) is 4.44. The summed E-state index contributed by atoms with van der Waals surface area (Å²) >= 11 is 0. The average molecular weight is 569 g/mol. The van der Waals surface area contributed by atoms with Gasteiger partial charge in [0.05, 0.1) is 6.54 Å². The summed E-state index contributed by atoms with van der Waals surface area (Å²) in [5.41, 5.74) is 2.49. The van der Waals surface area contributed by atoms with Crippen LogP contribution in [0, 0.1) is 0 Å². The van der Waals surface area contributed by atoms with E-state index in [1.54, 1.807) is 35.1 Å². The van der Waals surface area contributed by atoms with Crippen molar-refractivity contribution in [2.75, 3.05) is 35.4 Å². The van der Waals surface area contributed by atoms with E-state index in [4.69, 9.17) is 4.98 Å². The summed E-state index contributed by atoms with van der Waals surface area (Å²) in [5, 5.41) is 17.3. The van der Waals surface area contributed by atoms with Crippen LogP contribution in [0.25, 0.3) is 5.78 Å². The number of nitrogens with zero attached hydrogens (tertiary/aromatic N) is 5. The van der Waals surface area contributed by atoms with Gasteiger partial charge < -0.3 is 26.2 Å². The summed E-state index contributed by atoms with van der Waals surface area (Å²) in [6.45, 7) is 6.25. The van der Waals surface area contributed by atoms with Crippen LogP contribution in [0.5, 0.6) is 0 Å². The van der Waals surface area contributed by atoms with Gasteiger partial charge in [0.2, 0.25) is 12.2 Å². The predicted molar refractivity (Wildman–Crippen MR) is 165 cm³/mol. The van der Waals surface area contributed by atoms with Gasteiger partial charge in [-0.3, -0.25) is 9.59 Å². The molecule has 2 heterocycles. The molecule has 2 amide bonds. The standard InChI is InChI=1S/C31H37N9O2/c1-5-29(41)35-23-12-10-21(11-13-23)30(42)36-25-9-7-8-24(18-25)34-28-19-27(37-31-39(6-2)20-32-40(28)31)33-22-14-16-26(17-15-22)38(3)4/h5,7-13,18-20,22,26H,1,6,14-17H2,2-4H3,(H3,33,34,35,36,41,42)/p+1. The van der Waals surface area contributed by atoms with Gasteiger partial charge in [-0.1, -0.05) is 22.1 Å². The van der Waals surface area contributed by atoms with E-state index in [9.17, 15) is 9.59 Å². The molecule has 218 valence electrons. The monoisotopic (exact) mass is 568 g/mol. The minimum absolute atomic E-state index is 0.258. The van der Waals surface area contributed by atoms with Gasteiger partial charge in [0, 0.05) is 40.8 Å². The van der Waals surface area contributed by atoms with Gasteiger partial charge in [-0.2, -0.15) is 0 Å². The molecule has 5 rings (SSSR count). The Hall–Kier alpha value is -4.77. The maximum absolute atomic E-state index is 12.9. The number of hydrogen-bond donors (Lipinski definition) is 4. The van der Waals surface area contributed by atoms with Gasteiger partial charge in [0.1, 0.15) is 0 Å². The lowest BCUT2D eigenvalue weighted by atomic mass is 9.90. The molecule has 1 fully saturated rings. The van der Waals surface area contributed by atoms with Crippen molar-refractivity contribution in [3.8, 4) is 0 Å². The molecule has 2 aromatic heterocycles. The Labute approximate surface area is 245 Å². The van der Waals surface area contributed by atoms with Gasteiger partial charge in [-0.15, -0.1) is 0 Å². The summed E-state index contributed by atoms with van der Waals surface area (Å²) in [5.74, 6) is 1.74. The number of nitrogens with one attached hydrogen (secondary N) is 4. The second kappa shape index (κ2) is 12.8. The maximum atomic E-state index is 12.9. The lowest BCUT2D eigenvalue weighted by Crippen LogP contribution is -2.36. The molecule has 2 aromatic carbocycles. The smallest absolute Gasteiger partial charge is 0.357 e. The fraction of sp³-hybridized carbons (Fsp3) is 0.323. The Morgan fingerprint density at radius 2 is 1.76 bits per heavy atom. The zero-order valence-corrected chi connectivity index (χ0v) is 24.3. The van der Waals surface area contributed by atoms with Crippen LogP contribution in [-0.4, -0.2) is 57.5 Å². The first-order chi connectivity index (χ1) is 20.3. The number of anilines is 5. The zero-order chi connectivity index (χ0) is 29.6. The summed E-state index contributed by atoms with van der Waals surface area (Å²) in [7, 11) is 4.31. The molecule has 11 nitrogen and oxygen atoms in total. The van der Waals surface area contributed by atoms with Gasteiger partial charge in [-0.25, -0.2) is 4.57 Å². The number of benzene rings is 2. The summed E-state index contributed by atoms with van der Waals surface area (Å²) < 4.78 is 3.79. The molecule has 1 aliphatic carbocycles. The van der Waals surface area contributed by atoms with Crippen molar-refractivity contribution in [2.45, 2.75) is 51.2 Å². The van der Waals surface area contributed by atoms with Crippen LogP contribution in [0.4, 0.5) is 28.7 Å². The van der Waals surface area contributed by atoms with E-state index in [1.807, 2.05) is 34.9 Å². The lowest BCUT2D eigenvalue weighted by Gasteiger charge is -2.32. The molecule has 42 heavy (non-hydrogen) atoms. The van der Waals surface area contributed by atoms with Gasteiger partial charge in [-0.05, 0) is 100 Å². The summed E-state index contributed by atoms with van der Waals surface area (Å²) in [6.07, 6.45) is 7.49. The molecule has 4 N–H and O–H groups in total. The van der Waals surface area contributed by atoms with Crippen molar-refractivity contribution < 1.29 is 14.2 Å². The van der Waals surface area contributed by atoms with E-state index in [0.717, 1.165) is 55.3 Å². The van der Waals surface area contributed by atoms with E-state index in [2.05, 4.69) is 58.9 Å². The number of aromatic nitrogens is 4. The molecule has 1 saturated carbocycles. The molecule has 0 aliphatic heterocycles. The molecule has 4 aromatic rings. The third-order valence-corrected chi connectivity index (χ3v) is 7.59. The number of aryl methyl sites for hydroxylation is 1. The van der Waals surface area contributed by atoms with E-state index in [-0.39, 0.29) is 11.8 Å². The van der Waals surface area contributed by atoms with E-state index in [1.165, 1.54) is 6.08 Å². The fourth-order valence-electron chi connectivity index (χ4n) is 5.21. The fourth-order valence-corrected chi connectivity index (χ4v) is 5.21. The Morgan fingerprint density at radius 3 is 2.45 bits per heavy atom.